The average molecular weight is 353 g/mol. The van der Waals surface area contributed by atoms with Crippen LogP contribution < -0.4 is 15.5 Å². The zero-order valence-electron chi connectivity index (χ0n) is 15.0. The molecule has 0 spiro atoms. The molecule has 8 heteroatoms. The second-order valence-corrected chi connectivity index (χ2v) is 7.55. The van der Waals surface area contributed by atoms with E-state index in [2.05, 4.69) is 5.32 Å². The highest BCUT2D eigenvalue weighted by Gasteiger charge is 2.61. The lowest BCUT2D eigenvalue weighted by molar-refractivity contribution is -0.119. The molecule has 1 saturated heterocycles. The molecule has 1 saturated carbocycles. The molecule has 3 rings (SSSR count). The number of methoxy groups -OCH3 is 1. The maximum Gasteiger partial charge on any atom is 0.494 e. The number of ether oxygens (including phenoxy) is 1. The van der Waals surface area contributed by atoms with Crippen molar-refractivity contribution in [2.24, 2.45) is 5.92 Å². The molecule has 5 nitrogen and oxygen atoms in total. The summed E-state index contributed by atoms with van der Waals surface area (Å²) >= 11 is 0. The number of halogens is 2. The number of anilines is 1. The molecule has 1 aromatic carbocycles. The largest absolute Gasteiger partial charge is 0.495 e. The highest BCUT2D eigenvalue weighted by molar-refractivity contribution is 6.62. The van der Waals surface area contributed by atoms with Gasteiger partial charge in [0.1, 0.15) is 11.7 Å². The van der Waals surface area contributed by atoms with Crippen molar-refractivity contribution in [3.05, 3.63) is 18.2 Å². The molecule has 1 unspecified atom stereocenters. The summed E-state index contributed by atoms with van der Waals surface area (Å²) in [5, 5.41) is 2.50. The van der Waals surface area contributed by atoms with E-state index in [-0.39, 0.29) is 0 Å². The third kappa shape index (κ3) is 3.25. The quantitative estimate of drug-likeness (QED) is 0.846. The second kappa shape index (κ2) is 5.67. The van der Waals surface area contributed by atoms with Crippen molar-refractivity contribution in [2.75, 3.05) is 12.4 Å². The number of hydrogen-bond acceptors (Lipinski definition) is 4. The molecule has 136 valence electrons. The van der Waals surface area contributed by atoms with Gasteiger partial charge in [0.15, 0.2) is 0 Å². The van der Waals surface area contributed by atoms with Crippen LogP contribution in [0.4, 0.5) is 14.5 Å². The van der Waals surface area contributed by atoms with E-state index in [0.717, 1.165) is 5.46 Å². The van der Waals surface area contributed by atoms with Gasteiger partial charge in [0, 0.05) is 6.42 Å². The molecular formula is C17H22BF2NO4. The summed E-state index contributed by atoms with van der Waals surface area (Å²) in [5.41, 5.74) is 0.116. The van der Waals surface area contributed by atoms with Gasteiger partial charge in [-0.05, 0) is 45.3 Å². The summed E-state index contributed by atoms with van der Waals surface area (Å²) in [5.74, 6) is -4.50. The summed E-state index contributed by atoms with van der Waals surface area (Å²) in [6.45, 7) is 7.81. The number of alkyl halides is 2. The Morgan fingerprint density at radius 2 is 1.80 bits per heavy atom. The molecule has 0 aromatic heterocycles. The van der Waals surface area contributed by atoms with Gasteiger partial charge in [0.05, 0.1) is 24.0 Å². The predicted octanol–water partition coefficient (Wildman–Crippen LogP) is 2.59. The van der Waals surface area contributed by atoms with Crippen LogP contribution in [-0.2, 0) is 14.1 Å². The Hall–Kier alpha value is -1.67. The number of amides is 1. The van der Waals surface area contributed by atoms with E-state index in [4.69, 9.17) is 14.0 Å². The zero-order chi connectivity index (χ0) is 18.6. The van der Waals surface area contributed by atoms with Crippen LogP contribution >= 0.6 is 0 Å². The molecular weight excluding hydrogens is 331 g/mol. The van der Waals surface area contributed by atoms with Gasteiger partial charge in [-0.2, -0.15) is 0 Å². The van der Waals surface area contributed by atoms with Gasteiger partial charge in [0.2, 0.25) is 5.91 Å². The van der Waals surface area contributed by atoms with Crippen LogP contribution in [0, 0.1) is 5.92 Å². The summed E-state index contributed by atoms with van der Waals surface area (Å²) in [6, 6.07) is 5.02. The van der Waals surface area contributed by atoms with E-state index in [1.54, 1.807) is 18.2 Å². The van der Waals surface area contributed by atoms with E-state index in [0.29, 0.717) is 11.4 Å². The van der Waals surface area contributed by atoms with Gasteiger partial charge >= 0.3 is 7.12 Å². The summed E-state index contributed by atoms with van der Waals surface area (Å²) in [7, 11) is 0.876. The molecule has 0 bridgehead atoms. The third-order valence-corrected chi connectivity index (χ3v) is 5.15. The summed E-state index contributed by atoms with van der Waals surface area (Å²) in [6.07, 6.45) is -0.410. The molecule has 1 atom stereocenters. The molecule has 1 heterocycles. The monoisotopic (exact) mass is 353 g/mol. The molecule has 1 amide bonds. The molecule has 1 aromatic rings. The van der Waals surface area contributed by atoms with Crippen LogP contribution in [0.2, 0.25) is 0 Å². The maximum absolute atomic E-state index is 13.0. The highest BCUT2D eigenvalue weighted by atomic mass is 19.3. The number of carbonyl (C=O) groups excluding carboxylic acids is 1. The van der Waals surface area contributed by atoms with Crippen LogP contribution in [0.15, 0.2) is 18.2 Å². The molecule has 25 heavy (non-hydrogen) atoms. The Morgan fingerprint density at radius 1 is 1.24 bits per heavy atom. The third-order valence-electron chi connectivity index (χ3n) is 5.15. The standard InChI is InChI=1S/C17H22BF2NO4/c1-15(2)16(3,4)25-18(24-15)10-6-7-12(13(8-10)23-5)21-14(22)11-9-17(11,19)20/h6-8,11H,9H2,1-5H3,(H,21,22). The molecule has 1 aliphatic heterocycles. The minimum Gasteiger partial charge on any atom is -0.495 e. The maximum atomic E-state index is 13.0. The Balaban J connectivity index is 1.78. The first-order valence-corrected chi connectivity index (χ1v) is 8.19. The molecule has 2 fully saturated rings. The lowest BCUT2D eigenvalue weighted by Gasteiger charge is -2.32. The van der Waals surface area contributed by atoms with Crippen LogP contribution in [0.1, 0.15) is 34.1 Å². The first-order chi connectivity index (χ1) is 11.5. The number of nitrogens with one attached hydrogen (secondary N) is 1. The van der Waals surface area contributed by atoms with Gasteiger partial charge in [-0.15, -0.1) is 0 Å². The lowest BCUT2D eigenvalue weighted by Crippen LogP contribution is -2.41. The topological polar surface area (TPSA) is 56.8 Å². The Morgan fingerprint density at radius 3 is 2.28 bits per heavy atom. The lowest BCUT2D eigenvalue weighted by atomic mass is 9.79. The molecule has 0 radical (unpaired) electrons. The van der Waals surface area contributed by atoms with Gasteiger partial charge in [-0.1, -0.05) is 6.07 Å². The van der Waals surface area contributed by atoms with Crippen LogP contribution in [0.25, 0.3) is 0 Å². The van der Waals surface area contributed by atoms with Crippen LogP contribution in [0.5, 0.6) is 5.75 Å². The first-order valence-electron chi connectivity index (χ1n) is 8.19. The fraction of sp³-hybridized carbons (Fsp3) is 0.588. The van der Waals surface area contributed by atoms with Gasteiger partial charge in [0.25, 0.3) is 5.92 Å². The molecule has 1 aliphatic carbocycles. The normalized spacial score (nSPS) is 25.6. The average Bonchev–Trinajstić information content (AvgIpc) is 3.08. The van der Waals surface area contributed by atoms with Crippen LogP contribution in [0.3, 0.4) is 0 Å². The zero-order valence-corrected chi connectivity index (χ0v) is 15.0. The van der Waals surface area contributed by atoms with Gasteiger partial charge < -0.3 is 19.4 Å². The van der Waals surface area contributed by atoms with Gasteiger partial charge in [-0.3, -0.25) is 4.79 Å². The van der Waals surface area contributed by atoms with Crippen molar-refractivity contribution in [3.8, 4) is 5.75 Å². The second-order valence-electron chi connectivity index (χ2n) is 7.55. The molecule has 1 N–H and O–H groups in total. The smallest absolute Gasteiger partial charge is 0.494 e. The minimum atomic E-state index is -2.90. The summed E-state index contributed by atoms with van der Waals surface area (Å²) in [4.78, 5) is 11.9. The van der Waals surface area contributed by atoms with Crippen molar-refractivity contribution in [1.82, 2.24) is 0 Å². The van der Waals surface area contributed by atoms with E-state index in [9.17, 15) is 13.6 Å². The van der Waals surface area contributed by atoms with Crippen molar-refractivity contribution in [1.29, 1.82) is 0 Å². The van der Waals surface area contributed by atoms with Crippen molar-refractivity contribution >= 4 is 24.2 Å². The van der Waals surface area contributed by atoms with Crippen LogP contribution in [-0.4, -0.2) is 37.3 Å². The van der Waals surface area contributed by atoms with E-state index in [1.165, 1.54) is 7.11 Å². The SMILES string of the molecule is COc1cc(B2OC(C)(C)C(C)(C)O2)ccc1NC(=O)C1CC1(F)F. The number of hydrogen-bond donors (Lipinski definition) is 1. The van der Waals surface area contributed by atoms with Crippen molar-refractivity contribution in [2.45, 2.75) is 51.2 Å². The van der Waals surface area contributed by atoms with E-state index in [1.807, 2.05) is 27.7 Å². The predicted molar refractivity (Wildman–Crippen MR) is 90.4 cm³/mol. The Labute approximate surface area is 146 Å². The van der Waals surface area contributed by atoms with Gasteiger partial charge in [-0.25, -0.2) is 8.78 Å². The van der Waals surface area contributed by atoms with Crippen molar-refractivity contribution in [3.63, 3.8) is 0 Å². The molecule has 2 aliphatic rings. The van der Waals surface area contributed by atoms with E-state index < -0.39 is 42.5 Å². The summed E-state index contributed by atoms with van der Waals surface area (Å²) < 4.78 is 43.3. The first kappa shape index (κ1) is 18.1. The van der Waals surface area contributed by atoms with Crippen molar-refractivity contribution < 1.29 is 27.6 Å². The number of carbonyl (C=O) groups is 1. The number of benzene rings is 1. The highest BCUT2D eigenvalue weighted by Crippen LogP contribution is 2.49. The Kier molecular flexibility index (Phi) is 4.11. The fourth-order valence-electron chi connectivity index (χ4n) is 2.65. The minimum absolute atomic E-state index is 0.343. The fourth-order valence-corrected chi connectivity index (χ4v) is 2.65. The number of rotatable bonds is 4. The Bertz CT molecular complexity index is 692. The van der Waals surface area contributed by atoms with E-state index >= 15 is 0 Å².